The summed E-state index contributed by atoms with van der Waals surface area (Å²) in [6, 6.07) is 1.95. The van der Waals surface area contributed by atoms with E-state index in [1.807, 2.05) is 13.1 Å². The highest BCUT2D eigenvalue weighted by Crippen LogP contribution is 2.37. The maximum Gasteiger partial charge on any atom is 0.172 e. The number of aromatic nitrogens is 2. The van der Waals surface area contributed by atoms with Gasteiger partial charge in [0.25, 0.3) is 0 Å². The molecule has 0 bridgehead atoms. The van der Waals surface area contributed by atoms with Gasteiger partial charge in [-0.3, -0.25) is 0 Å². The van der Waals surface area contributed by atoms with Crippen LogP contribution in [0.4, 0.5) is 5.82 Å². The molecule has 0 aliphatic heterocycles. The van der Waals surface area contributed by atoms with E-state index in [9.17, 15) is 0 Å². The van der Waals surface area contributed by atoms with Crippen LogP contribution in [0.15, 0.2) is 10.5 Å². The molecule has 2 rings (SSSR count). The van der Waals surface area contributed by atoms with Gasteiger partial charge in [-0.2, -0.15) is 0 Å². The van der Waals surface area contributed by atoms with Crippen LogP contribution in [0.5, 0.6) is 0 Å². The van der Waals surface area contributed by atoms with Crippen molar-refractivity contribution in [2.24, 2.45) is 0 Å². The SMILES string of the molecule is CCc1nc(-c2cc(Br)c(Cl)s2)nc(NC)c1I. The third-order valence-electron chi connectivity index (χ3n) is 2.36. The fourth-order valence-corrected chi connectivity index (χ4v) is 3.99. The topological polar surface area (TPSA) is 37.8 Å². The largest absolute Gasteiger partial charge is 0.372 e. The highest BCUT2D eigenvalue weighted by Gasteiger charge is 2.14. The lowest BCUT2D eigenvalue weighted by Gasteiger charge is -2.08. The Morgan fingerprint density at radius 1 is 1.50 bits per heavy atom. The van der Waals surface area contributed by atoms with Crippen LogP contribution in [-0.4, -0.2) is 17.0 Å². The van der Waals surface area contributed by atoms with E-state index >= 15 is 0 Å². The van der Waals surface area contributed by atoms with Gasteiger partial charge < -0.3 is 5.32 Å². The summed E-state index contributed by atoms with van der Waals surface area (Å²) in [5, 5.41) is 3.10. The number of hydrogen-bond donors (Lipinski definition) is 1. The molecule has 96 valence electrons. The molecule has 7 heteroatoms. The summed E-state index contributed by atoms with van der Waals surface area (Å²) in [6.45, 7) is 2.09. The molecule has 1 N–H and O–H groups in total. The summed E-state index contributed by atoms with van der Waals surface area (Å²) < 4.78 is 2.68. The van der Waals surface area contributed by atoms with Crippen molar-refractivity contribution < 1.29 is 0 Å². The molecule has 0 amide bonds. The summed E-state index contributed by atoms with van der Waals surface area (Å²) in [6.07, 6.45) is 0.878. The molecular weight excluding hydrogens is 448 g/mol. The van der Waals surface area contributed by atoms with E-state index in [0.717, 1.165) is 35.2 Å². The number of nitrogens with one attached hydrogen (secondary N) is 1. The van der Waals surface area contributed by atoms with Gasteiger partial charge >= 0.3 is 0 Å². The predicted molar refractivity (Wildman–Crippen MR) is 89.7 cm³/mol. The van der Waals surface area contributed by atoms with Crippen molar-refractivity contribution >= 4 is 67.3 Å². The Hall–Kier alpha value is 0.0800. The number of anilines is 1. The minimum absolute atomic E-state index is 0.717. The first kappa shape index (κ1) is 14.5. The number of hydrogen-bond acceptors (Lipinski definition) is 4. The second-order valence-corrected chi connectivity index (χ2v) is 7.08. The lowest BCUT2D eigenvalue weighted by molar-refractivity contribution is 0.992. The van der Waals surface area contributed by atoms with E-state index in [-0.39, 0.29) is 0 Å². The van der Waals surface area contributed by atoms with Crippen LogP contribution in [0.1, 0.15) is 12.6 Å². The van der Waals surface area contributed by atoms with Crippen molar-refractivity contribution in [2.75, 3.05) is 12.4 Å². The smallest absolute Gasteiger partial charge is 0.172 e. The van der Waals surface area contributed by atoms with Gasteiger partial charge in [0, 0.05) is 11.5 Å². The van der Waals surface area contributed by atoms with Crippen LogP contribution >= 0.6 is 61.5 Å². The maximum absolute atomic E-state index is 6.06. The number of nitrogens with zero attached hydrogens (tertiary/aromatic N) is 2. The number of rotatable bonds is 3. The summed E-state index contributed by atoms with van der Waals surface area (Å²) in [5.41, 5.74) is 1.05. The first-order valence-corrected chi connectivity index (χ1v) is 8.32. The third kappa shape index (κ3) is 2.81. The second-order valence-electron chi connectivity index (χ2n) is 3.49. The predicted octanol–water partition coefficient (Wildman–Crippen LogP) is 4.83. The third-order valence-corrected chi connectivity index (χ3v) is 5.96. The Labute approximate surface area is 137 Å². The Morgan fingerprint density at radius 3 is 2.72 bits per heavy atom. The number of thiophene rings is 1. The Balaban J connectivity index is 2.57. The molecule has 0 saturated heterocycles. The zero-order valence-corrected chi connectivity index (χ0v) is 15.0. The fourth-order valence-electron chi connectivity index (χ4n) is 1.46. The Kier molecular flexibility index (Phi) is 4.85. The standard InChI is InChI=1S/C11H10BrClIN3S/c1-3-6-8(14)11(15-2)17-10(16-6)7-4-5(12)9(13)18-7/h4H,3H2,1-2H3,(H,15,16,17). The minimum Gasteiger partial charge on any atom is -0.372 e. The molecule has 0 saturated carbocycles. The lowest BCUT2D eigenvalue weighted by atomic mass is 10.3. The molecule has 0 fully saturated rings. The van der Waals surface area contributed by atoms with Crippen molar-refractivity contribution in [3.05, 3.63) is 24.1 Å². The monoisotopic (exact) mass is 457 g/mol. The summed E-state index contributed by atoms with van der Waals surface area (Å²) in [5.74, 6) is 1.58. The van der Waals surface area contributed by atoms with Crippen LogP contribution in [-0.2, 0) is 6.42 Å². The summed E-state index contributed by atoms with van der Waals surface area (Å²) in [4.78, 5) is 10.1. The van der Waals surface area contributed by atoms with Gasteiger partial charge in [0.2, 0.25) is 0 Å². The normalized spacial score (nSPS) is 10.7. The molecule has 3 nitrogen and oxygen atoms in total. The molecule has 0 radical (unpaired) electrons. The average Bonchev–Trinajstić information content (AvgIpc) is 2.70. The Morgan fingerprint density at radius 2 is 2.22 bits per heavy atom. The van der Waals surface area contributed by atoms with E-state index in [4.69, 9.17) is 11.6 Å². The first-order valence-electron chi connectivity index (χ1n) is 5.26. The van der Waals surface area contributed by atoms with Crippen LogP contribution in [0.2, 0.25) is 4.34 Å². The van der Waals surface area contributed by atoms with Crippen LogP contribution < -0.4 is 5.32 Å². The van der Waals surface area contributed by atoms with Gasteiger partial charge in [-0.25, -0.2) is 9.97 Å². The quantitative estimate of drug-likeness (QED) is 0.670. The van der Waals surface area contributed by atoms with Crippen molar-refractivity contribution in [3.8, 4) is 10.7 Å². The molecule has 2 aromatic rings. The van der Waals surface area contributed by atoms with E-state index in [1.165, 1.54) is 11.3 Å². The van der Waals surface area contributed by atoms with E-state index < -0.39 is 0 Å². The van der Waals surface area contributed by atoms with E-state index in [2.05, 4.69) is 60.7 Å². The lowest BCUT2D eigenvalue weighted by Crippen LogP contribution is -2.04. The van der Waals surface area contributed by atoms with Crippen LogP contribution in [0, 0.1) is 3.57 Å². The van der Waals surface area contributed by atoms with Gasteiger partial charge in [-0.05, 0) is 51.0 Å². The minimum atomic E-state index is 0.717. The molecule has 0 atom stereocenters. The van der Waals surface area contributed by atoms with Crippen molar-refractivity contribution in [3.63, 3.8) is 0 Å². The molecule has 18 heavy (non-hydrogen) atoms. The van der Waals surface area contributed by atoms with E-state index in [0.29, 0.717) is 5.82 Å². The fraction of sp³-hybridized carbons (Fsp3) is 0.273. The zero-order chi connectivity index (χ0) is 13.3. The highest BCUT2D eigenvalue weighted by molar-refractivity contribution is 14.1. The molecular formula is C11H10BrClIN3S. The van der Waals surface area contributed by atoms with Crippen molar-refractivity contribution in [1.82, 2.24) is 9.97 Å². The molecule has 0 unspecified atom stereocenters. The summed E-state index contributed by atoms with van der Waals surface area (Å²) in [7, 11) is 1.87. The van der Waals surface area contributed by atoms with Gasteiger partial charge in [-0.1, -0.05) is 18.5 Å². The van der Waals surface area contributed by atoms with Crippen LogP contribution in [0.3, 0.4) is 0 Å². The van der Waals surface area contributed by atoms with Gasteiger partial charge in [0.15, 0.2) is 5.82 Å². The molecule has 0 aliphatic carbocycles. The van der Waals surface area contributed by atoms with Crippen molar-refractivity contribution in [2.45, 2.75) is 13.3 Å². The molecule has 0 aromatic carbocycles. The van der Waals surface area contributed by atoms with Gasteiger partial charge in [0.1, 0.15) is 10.2 Å². The number of halogens is 3. The van der Waals surface area contributed by atoms with Gasteiger partial charge in [0.05, 0.1) is 14.1 Å². The van der Waals surface area contributed by atoms with Crippen LogP contribution in [0.25, 0.3) is 10.7 Å². The highest BCUT2D eigenvalue weighted by atomic mass is 127. The molecule has 2 heterocycles. The van der Waals surface area contributed by atoms with Gasteiger partial charge in [-0.15, -0.1) is 11.3 Å². The molecule has 2 aromatic heterocycles. The second kappa shape index (κ2) is 6.02. The summed E-state index contributed by atoms with van der Waals surface area (Å²) >= 11 is 13.2. The van der Waals surface area contributed by atoms with Crippen molar-refractivity contribution in [1.29, 1.82) is 0 Å². The molecule has 0 spiro atoms. The first-order chi connectivity index (χ1) is 8.56. The van der Waals surface area contributed by atoms with E-state index in [1.54, 1.807) is 0 Å². The maximum atomic E-state index is 6.06. The number of aryl methyl sites for hydroxylation is 1. The Bertz CT molecular complexity index is 543. The molecule has 0 aliphatic rings. The zero-order valence-electron chi connectivity index (χ0n) is 9.72. The average molecular weight is 459 g/mol.